The van der Waals surface area contributed by atoms with E-state index in [0.29, 0.717) is 22.3 Å². The highest BCUT2D eigenvalue weighted by Gasteiger charge is 2.38. The van der Waals surface area contributed by atoms with Crippen LogP contribution < -0.4 is 0 Å². The molecular formula is C18H14ClF3N4O2. The average molecular weight is 411 g/mol. The van der Waals surface area contributed by atoms with Gasteiger partial charge in [0, 0.05) is 5.92 Å². The molecule has 0 N–H and O–H groups in total. The molecule has 0 radical (unpaired) electrons. The highest BCUT2D eigenvalue weighted by Crippen LogP contribution is 2.47. The largest absolute Gasteiger partial charge is 0.464 e. The van der Waals surface area contributed by atoms with Crippen LogP contribution in [-0.2, 0) is 10.9 Å². The second-order valence-electron chi connectivity index (χ2n) is 7.23. The Kier molecular flexibility index (Phi) is 3.65. The Morgan fingerprint density at radius 2 is 1.89 bits per heavy atom. The molecule has 28 heavy (non-hydrogen) atoms. The van der Waals surface area contributed by atoms with Crippen molar-refractivity contribution in [2.75, 3.05) is 7.11 Å². The third-order valence-electron chi connectivity index (χ3n) is 5.17. The lowest BCUT2D eigenvalue weighted by Crippen LogP contribution is -2.13. The van der Waals surface area contributed by atoms with Gasteiger partial charge < -0.3 is 4.74 Å². The first kappa shape index (κ1) is 17.7. The molecule has 2 fully saturated rings. The van der Waals surface area contributed by atoms with E-state index in [1.807, 2.05) is 0 Å². The van der Waals surface area contributed by atoms with Gasteiger partial charge in [0.15, 0.2) is 17.0 Å². The summed E-state index contributed by atoms with van der Waals surface area (Å²) in [5, 5.41) is 4.74. The summed E-state index contributed by atoms with van der Waals surface area (Å²) >= 11 is 6.42. The van der Waals surface area contributed by atoms with Crippen LogP contribution in [0.2, 0.25) is 5.02 Å². The SMILES string of the molecule is COC(=O)c1c(Cl)c(C2CC2)nc2c3c(C4CC4)cc(C(F)(F)F)nc3nn12. The van der Waals surface area contributed by atoms with Crippen LogP contribution in [0.25, 0.3) is 16.7 Å². The van der Waals surface area contributed by atoms with Gasteiger partial charge in [-0.1, -0.05) is 11.6 Å². The van der Waals surface area contributed by atoms with E-state index >= 15 is 0 Å². The number of aromatic nitrogens is 4. The molecule has 3 aromatic heterocycles. The van der Waals surface area contributed by atoms with Crippen LogP contribution in [0.3, 0.4) is 0 Å². The number of carbonyl (C=O) groups is 1. The highest BCUT2D eigenvalue weighted by molar-refractivity contribution is 6.34. The summed E-state index contributed by atoms with van der Waals surface area (Å²) < 4.78 is 46.0. The lowest BCUT2D eigenvalue weighted by molar-refractivity contribution is -0.141. The van der Waals surface area contributed by atoms with E-state index in [-0.39, 0.29) is 28.2 Å². The number of hydrogen-bond donors (Lipinski definition) is 0. The maximum atomic E-state index is 13.3. The molecule has 5 rings (SSSR count). The Hall–Kier alpha value is -2.42. The predicted molar refractivity (Wildman–Crippen MR) is 93.6 cm³/mol. The number of fused-ring (bicyclic) bond motifs is 3. The van der Waals surface area contributed by atoms with Crippen molar-refractivity contribution in [1.82, 2.24) is 19.6 Å². The molecule has 2 saturated carbocycles. The normalized spacial score (nSPS) is 17.5. The van der Waals surface area contributed by atoms with Gasteiger partial charge in [0.1, 0.15) is 5.69 Å². The number of halogens is 4. The number of methoxy groups -OCH3 is 1. The van der Waals surface area contributed by atoms with Crippen LogP contribution in [0.15, 0.2) is 6.07 Å². The maximum Gasteiger partial charge on any atom is 0.433 e. The first-order valence-electron chi connectivity index (χ1n) is 8.88. The van der Waals surface area contributed by atoms with Crippen molar-refractivity contribution in [3.8, 4) is 0 Å². The monoisotopic (exact) mass is 410 g/mol. The second-order valence-corrected chi connectivity index (χ2v) is 7.61. The van der Waals surface area contributed by atoms with Crippen molar-refractivity contribution in [1.29, 1.82) is 0 Å². The summed E-state index contributed by atoms with van der Waals surface area (Å²) in [5.41, 5.74) is 0.226. The zero-order chi connectivity index (χ0) is 19.8. The van der Waals surface area contributed by atoms with E-state index in [1.165, 1.54) is 11.6 Å². The van der Waals surface area contributed by atoms with Crippen LogP contribution >= 0.6 is 11.6 Å². The Labute approximate surface area is 161 Å². The molecular weight excluding hydrogens is 397 g/mol. The molecule has 6 nitrogen and oxygen atoms in total. The molecule has 0 bridgehead atoms. The van der Waals surface area contributed by atoms with Gasteiger partial charge in [-0.25, -0.2) is 19.3 Å². The lowest BCUT2D eigenvalue weighted by Gasteiger charge is -2.10. The third-order valence-corrected chi connectivity index (χ3v) is 5.54. The Balaban J connectivity index is 1.90. The van der Waals surface area contributed by atoms with Crippen LogP contribution in [0.5, 0.6) is 0 Å². The van der Waals surface area contributed by atoms with Crippen molar-refractivity contribution < 1.29 is 22.7 Å². The first-order chi connectivity index (χ1) is 13.3. The summed E-state index contributed by atoms with van der Waals surface area (Å²) in [6.45, 7) is 0. The zero-order valence-corrected chi connectivity index (χ0v) is 15.4. The van der Waals surface area contributed by atoms with Gasteiger partial charge in [-0.2, -0.15) is 13.2 Å². The van der Waals surface area contributed by atoms with Gasteiger partial charge in [-0.3, -0.25) is 0 Å². The highest BCUT2D eigenvalue weighted by atomic mass is 35.5. The Morgan fingerprint density at radius 3 is 2.46 bits per heavy atom. The van der Waals surface area contributed by atoms with Crippen LogP contribution in [0.1, 0.15) is 65.0 Å². The number of carbonyl (C=O) groups excluding carboxylic acids is 1. The molecule has 10 heteroatoms. The number of alkyl halides is 3. The molecule has 3 heterocycles. The van der Waals surface area contributed by atoms with E-state index in [0.717, 1.165) is 31.7 Å². The Bertz CT molecular complexity index is 1150. The molecule has 2 aliphatic rings. The van der Waals surface area contributed by atoms with Crippen LogP contribution in [0.4, 0.5) is 13.2 Å². The van der Waals surface area contributed by atoms with Crippen LogP contribution in [-0.4, -0.2) is 32.7 Å². The first-order valence-corrected chi connectivity index (χ1v) is 9.25. The molecule has 0 aromatic carbocycles. The quantitative estimate of drug-likeness (QED) is 0.595. The Morgan fingerprint density at radius 1 is 1.21 bits per heavy atom. The molecule has 0 unspecified atom stereocenters. The van der Waals surface area contributed by atoms with E-state index in [4.69, 9.17) is 16.3 Å². The minimum Gasteiger partial charge on any atom is -0.464 e. The van der Waals surface area contributed by atoms with Crippen LogP contribution in [0, 0.1) is 0 Å². The number of pyridine rings is 1. The fourth-order valence-electron chi connectivity index (χ4n) is 3.50. The van der Waals surface area contributed by atoms with Gasteiger partial charge >= 0.3 is 12.1 Å². The standard InChI is InChI=1S/C18H14ClF3N4O2/c1-28-17(27)14-12(19)13(8-4-5-8)24-16-11-9(7-2-3-7)6-10(18(20,21)22)23-15(11)25-26(14)16/h6-8H,2-5H2,1H3. The number of rotatable bonds is 3. The number of hydrogen-bond acceptors (Lipinski definition) is 5. The van der Waals surface area contributed by atoms with Crippen molar-refractivity contribution >= 4 is 34.3 Å². The van der Waals surface area contributed by atoms with E-state index in [9.17, 15) is 18.0 Å². The van der Waals surface area contributed by atoms with E-state index in [1.54, 1.807) is 0 Å². The van der Waals surface area contributed by atoms with E-state index in [2.05, 4.69) is 15.1 Å². The third kappa shape index (κ3) is 2.63. The topological polar surface area (TPSA) is 69.4 Å². The summed E-state index contributed by atoms with van der Waals surface area (Å²) in [4.78, 5) is 20.7. The van der Waals surface area contributed by atoms with Gasteiger partial charge in [0.2, 0.25) is 0 Å². The number of esters is 1. The minimum absolute atomic E-state index is 0.00281. The molecule has 0 atom stereocenters. The lowest BCUT2D eigenvalue weighted by atomic mass is 10.1. The smallest absolute Gasteiger partial charge is 0.433 e. The zero-order valence-electron chi connectivity index (χ0n) is 14.7. The number of ether oxygens (including phenoxy) is 1. The fourth-order valence-corrected chi connectivity index (χ4v) is 3.85. The van der Waals surface area contributed by atoms with Gasteiger partial charge in [0.05, 0.1) is 23.2 Å². The molecule has 0 amide bonds. The van der Waals surface area contributed by atoms with Crippen molar-refractivity contribution in [3.63, 3.8) is 0 Å². The summed E-state index contributed by atoms with van der Waals surface area (Å²) in [6, 6.07) is 1.08. The van der Waals surface area contributed by atoms with Crippen molar-refractivity contribution in [3.05, 3.63) is 33.7 Å². The maximum absolute atomic E-state index is 13.3. The minimum atomic E-state index is -4.59. The summed E-state index contributed by atoms with van der Waals surface area (Å²) in [6.07, 6.45) is -1.23. The molecule has 0 saturated heterocycles. The van der Waals surface area contributed by atoms with Gasteiger partial charge in [-0.05, 0) is 43.2 Å². The molecule has 2 aliphatic carbocycles. The molecule has 0 spiro atoms. The van der Waals surface area contributed by atoms with Crippen molar-refractivity contribution in [2.24, 2.45) is 0 Å². The molecule has 146 valence electrons. The fraction of sp³-hybridized carbons (Fsp3) is 0.444. The van der Waals surface area contributed by atoms with E-state index < -0.39 is 17.8 Å². The summed E-state index contributed by atoms with van der Waals surface area (Å²) in [5.74, 6) is -0.600. The number of nitrogens with zero attached hydrogens (tertiary/aromatic N) is 4. The second kappa shape index (κ2) is 5.79. The van der Waals surface area contributed by atoms with Gasteiger partial charge in [-0.15, -0.1) is 5.10 Å². The van der Waals surface area contributed by atoms with Gasteiger partial charge in [0.25, 0.3) is 0 Å². The van der Waals surface area contributed by atoms with Crippen molar-refractivity contribution in [2.45, 2.75) is 43.7 Å². The summed E-state index contributed by atoms with van der Waals surface area (Å²) in [7, 11) is 1.21. The molecule has 3 aromatic rings. The molecule has 0 aliphatic heterocycles. The average Bonchev–Trinajstić information content (AvgIpc) is 3.55. The predicted octanol–water partition coefficient (Wildman–Crippen LogP) is 4.49.